The molecule has 1 aliphatic heterocycles. The fourth-order valence-corrected chi connectivity index (χ4v) is 3.62. The van der Waals surface area contributed by atoms with E-state index in [4.69, 9.17) is 4.74 Å². The van der Waals surface area contributed by atoms with E-state index in [1.165, 1.54) is 11.3 Å². The summed E-state index contributed by atoms with van der Waals surface area (Å²) < 4.78 is 5.31. The van der Waals surface area contributed by atoms with Crippen molar-refractivity contribution in [2.24, 2.45) is 5.92 Å². The number of thiophene rings is 1. The maximum Gasteiger partial charge on any atom is 0.267 e. The van der Waals surface area contributed by atoms with Gasteiger partial charge in [0.15, 0.2) is 0 Å². The second kappa shape index (κ2) is 6.59. The maximum absolute atomic E-state index is 12.6. The highest BCUT2D eigenvalue weighted by Gasteiger charge is 2.29. The average molecular weight is 296 g/mol. The highest BCUT2D eigenvalue weighted by Crippen LogP contribution is 2.31. The summed E-state index contributed by atoms with van der Waals surface area (Å²) in [6.45, 7) is 8.03. The Morgan fingerprint density at radius 1 is 1.60 bits per heavy atom. The van der Waals surface area contributed by atoms with Crippen LogP contribution in [0.4, 0.5) is 0 Å². The summed E-state index contributed by atoms with van der Waals surface area (Å²) in [4.78, 5) is 18.7. The van der Waals surface area contributed by atoms with E-state index < -0.39 is 0 Å². The van der Waals surface area contributed by atoms with Gasteiger partial charge in [-0.25, -0.2) is 0 Å². The third-order valence-corrected chi connectivity index (χ3v) is 4.94. The van der Waals surface area contributed by atoms with E-state index in [9.17, 15) is 4.79 Å². The van der Waals surface area contributed by atoms with Crippen LogP contribution < -0.4 is 4.74 Å². The lowest BCUT2D eigenvalue weighted by Gasteiger charge is -2.20. The molecule has 0 spiro atoms. The van der Waals surface area contributed by atoms with Crippen molar-refractivity contribution in [2.75, 3.05) is 40.3 Å². The van der Waals surface area contributed by atoms with Crippen LogP contribution in [0.3, 0.4) is 0 Å². The van der Waals surface area contributed by atoms with Gasteiger partial charge < -0.3 is 14.5 Å². The molecule has 1 amide bonds. The molecule has 2 heterocycles. The molecule has 1 unspecified atom stereocenters. The summed E-state index contributed by atoms with van der Waals surface area (Å²) in [5.74, 6) is 1.43. The van der Waals surface area contributed by atoms with Crippen molar-refractivity contribution in [2.45, 2.75) is 20.3 Å². The molecule has 2 rings (SSSR count). The van der Waals surface area contributed by atoms with Gasteiger partial charge in [-0.3, -0.25) is 4.79 Å². The van der Waals surface area contributed by atoms with E-state index in [0.717, 1.165) is 42.4 Å². The molecule has 1 atom stereocenters. The number of rotatable bonds is 5. The SMILES string of the molecule is CCN(C)CC1CCN(C(=O)c2sc(C)cc2OC)C1. The molecule has 112 valence electrons. The summed E-state index contributed by atoms with van der Waals surface area (Å²) in [5, 5.41) is 0. The van der Waals surface area contributed by atoms with E-state index in [-0.39, 0.29) is 5.91 Å². The molecule has 4 nitrogen and oxygen atoms in total. The van der Waals surface area contributed by atoms with E-state index in [1.54, 1.807) is 7.11 Å². The Labute approximate surface area is 125 Å². The van der Waals surface area contributed by atoms with Gasteiger partial charge in [-0.15, -0.1) is 11.3 Å². The molecule has 1 fully saturated rings. The van der Waals surface area contributed by atoms with Crippen LogP contribution in [-0.2, 0) is 0 Å². The monoisotopic (exact) mass is 296 g/mol. The number of carbonyl (C=O) groups is 1. The molecule has 0 aromatic carbocycles. The van der Waals surface area contributed by atoms with Crippen LogP contribution in [0.15, 0.2) is 6.07 Å². The van der Waals surface area contributed by atoms with Crippen LogP contribution in [0.2, 0.25) is 0 Å². The van der Waals surface area contributed by atoms with Crippen molar-refractivity contribution in [3.8, 4) is 5.75 Å². The zero-order chi connectivity index (χ0) is 14.7. The lowest BCUT2D eigenvalue weighted by Crippen LogP contribution is -2.31. The predicted octanol–water partition coefficient (Wildman–Crippen LogP) is 2.48. The van der Waals surface area contributed by atoms with Crippen LogP contribution in [-0.4, -0.2) is 56.0 Å². The Balaban J connectivity index is 2.00. The molecule has 0 N–H and O–H groups in total. The molecular weight excluding hydrogens is 272 g/mol. The van der Waals surface area contributed by atoms with E-state index >= 15 is 0 Å². The number of methoxy groups -OCH3 is 1. The van der Waals surface area contributed by atoms with E-state index in [1.807, 2.05) is 17.9 Å². The van der Waals surface area contributed by atoms with Crippen LogP contribution in [0.1, 0.15) is 27.9 Å². The Bertz CT molecular complexity index is 472. The van der Waals surface area contributed by atoms with Gasteiger partial charge in [0.05, 0.1) is 7.11 Å². The van der Waals surface area contributed by atoms with Gasteiger partial charge in [0.2, 0.25) is 0 Å². The standard InChI is InChI=1S/C15H24N2O2S/c1-5-16(3)9-12-6-7-17(10-12)15(18)14-13(19-4)8-11(2)20-14/h8,12H,5-7,9-10H2,1-4H3. The van der Waals surface area contributed by atoms with E-state index in [0.29, 0.717) is 11.7 Å². The van der Waals surface area contributed by atoms with E-state index in [2.05, 4.69) is 18.9 Å². The number of ether oxygens (including phenoxy) is 1. The molecule has 20 heavy (non-hydrogen) atoms. The third kappa shape index (κ3) is 3.33. The molecule has 1 aliphatic rings. The summed E-state index contributed by atoms with van der Waals surface area (Å²) in [7, 11) is 3.76. The van der Waals surface area contributed by atoms with Gasteiger partial charge >= 0.3 is 0 Å². The summed E-state index contributed by atoms with van der Waals surface area (Å²) in [6, 6.07) is 1.94. The number of carbonyl (C=O) groups excluding carboxylic acids is 1. The zero-order valence-electron chi connectivity index (χ0n) is 12.8. The molecule has 0 bridgehead atoms. The Morgan fingerprint density at radius 2 is 2.35 bits per heavy atom. The highest BCUT2D eigenvalue weighted by atomic mass is 32.1. The maximum atomic E-state index is 12.6. The predicted molar refractivity (Wildman–Crippen MR) is 82.8 cm³/mol. The van der Waals surface area contributed by atoms with Gasteiger partial charge in [-0.1, -0.05) is 6.92 Å². The van der Waals surface area contributed by atoms with Crippen LogP contribution >= 0.6 is 11.3 Å². The normalized spacial score (nSPS) is 18.9. The van der Waals surface area contributed by atoms with Crippen molar-refractivity contribution >= 4 is 17.2 Å². The average Bonchev–Trinajstić information content (AvgIpc) is 3.04. The summed E-state index contributed by atoms with van der Waals surface area (Å²) >= 11 is 1.53. The number of likely N-dealkylation sites (tertiary alicyclic amines) is 1. The molecule has 5 heteroatoms. The van der Waals surface area contributed by atoms with Crippen LogP contribution in [0.25, 0.3) is 0 Å². The highest BCUT2D eigenvalue weighted by molar-refractivity contribution is 7.14. The van der Waals surface area contributed by atoms with Gasteiger partial charge in [-0.05, 0) is 38.9 Å². The Hall–Kier alpha value is -1.07. The second-order valence-electron chi connectivity index (χ2n) is 5.52. The van der Waals surface area contributed by atoms with Gasteiger partial charge in [0.1, 0.15) is 10.6 Å². The minimum atomic E-state index is 0.126. The molecule has 1 saturated heterocycles. The largest absolute Gasteiger partial charge is 0.495 e. The number of hydrogen-bond acceptors (Lipinski definition) is 4. The zero-order valence-corrected chi connectivity index (χ0v) is 13.6. The van der Waals surface area contributed by atoms with Crippen molar-refractivity contribution in [1.82, 2.24) is 9.80 Å². The Morgan fingerprint density at radius 3 is 3.00 bits per heavy atom. The minimum Gasteiger partial charge on any atom is -0.495 e. The fraction of sp³-hybridized carbons (Fsp3) is 0.667. The lowest BCUT2D eigenvalue weighted by atomic mass is 10.1. The molecule has 0 saturated carbocycles. The van der Waals surface area contributed by atoms with Gasteiger partial charge in [0.25, 0.3) is 5.91 Å². The van der Waals surface area contributed by atoms with Gasteiger partial charge in [0, 0.05) is 24.5 Å². The third-order valence-electron chi connectivity index (χ3n) is 3.92. The number of amides is 1. The van der Waals surface area contributed by atoms with Crippen molar-refractivity contribution < 1.29 is 9.53 Å². The van der Waals surface area contributed by atoms with Gasteiger partial charge in [-0.2, -0.15) is 0 Å². The smallest absolute Gasteiger partial charge is 0.267 e. The van der Waals surface area contributed by atoms with Crippen LogP contribution in [0, 0.1) is 12.8 Å². The lowest BCUT2D eigenvalue weighted by molar-refractivity contribution is 0.0786. The van der Waals surface area contributed by atoms with Crippen molar-refractivity contribution in [3.63, 3.8) is 0 Å². The molecule has 1 aromatic rings. The molecular formula is C15H24N2O2S. The Kier molecular flexibility index (Phi) is 5.05. The number of aryl methyl sites for hydroxylation is 1. The first-order valence-electron chi connectivity index (χ1n) is 7.17. The fourth-order valence-electron chi connectivity index (χ4n) is 2.67. The molecule has 1 aromatic heterocycles. The minimum absolute atomic E-state index is 0.126. The summed E-state index contributed by atoms with van der Waals surface area (Å²) in [5.41, 5.74) is 0. The number of hydrogen-bond donors (Lipinski definition) is 0. The number of nitrogens with zero attached hydrogens (tertiary/aromatic N) is 2. The first-order chi connectivity index (χ1) is 9.55. The molecule has 0 aliphatic carbocycles. The first kappa shape index (κ1) is 15.3. The second-order valence-corrected chi connectivity index (χ2v) is 6.77. The first-order valence-corrected chi connectivity index (χ1v) is 7.99. The molecule has 0 radical (unpaired) electrons. The van der Waals surface area contributed by atoms with Crippen molar-refractivity contribution in [1.29, 1.82) is 0 Å². The van der Waals surface area contributed by atoms with Crippen molar-refractivity contribution in [3.05, 3.63) is 15.8 Å². The van der Waals surface area contributed by atoms with Crippen LogP contribution in [0.5, 0.6) is 5.75 Å². The summed E-state index contributed by atoms with van der Waals surface area (Å²) in [6.07, 6.45) is 1.10. The quantitative estimate of drug-likeness (QED) is 0.837. The topological polar surface area (TPSA) is 32.8 Å².